The molecule has 3 heteroatoms. The van der Waals surface area contributed by atoms with Crippen molar-refractivity contribution < 1.29 is 14.4 Å². The first-order valence-electron chi connectivity index (χ1n) is 9.44. The molecule has 3 atom stereocenters. The van der Waals surface area contributed by atoms with Gasteiger partial charge in [0.25, 0.3) is 0 Å². The topological polar surface area (TPSA) is 51.2 Å². The number of unbranched alkanes of at least 4 members (excludes halogenated alkanes) is 2. The highest BCUT2D eigenvalue weighted by Gasteiger charge is 2.46. The Bertz CT molecular complexity index is 663. The predicted molar refractivity (Wildman–Crippen MR) is 100 cm³/mol. The molecule has 0 bridgehead atoms. The van der Waals surface area contributed by atoms with E-state index in [-0.39, 0.29) is 17.6 Å². The Balaban J connectivity index is 2.38. The van der Waals surface area contributed by atoms with Gasteiger partial charge >= 0.3 is 0 Å². The molecule has 0 saturated carbocycles. The van der Waals surface area contributed by atoms with Crippen molar-refractivity contribution in [3.8, 4) is 0 Å². The van der Waals surface area contributed by atoms with E-state index in [0.717, 1.165) is 37.7 Å². The van der Waals surface area contributed by atoms with E-state index in [0.29, 0.717) is 17.6 Å². The second-order valence-electron chi connectivity index (χ2n) is 7.68. The van der Waals surface area contributed by atoms with Gasteiger partial charge in [-0.2, -0.15) is 0 Å². The quantitative estimate of drug-likeness (QED) is 0.302. The lowest BCUT2D eigenvalue weighted by Crippen LogP contribution is -2.44. The number of hydrogen-bond donors (Lipinski definition) is 0. The van der Waals surface area contributed by atoms with Crippen molar-refractivity contribution >= 4 is 17.3 Å². The van der Waals surface area contributed by atoms with Crippen LogP contribution in [0.4, 0.5) is 0 Å². The number of Topliss-reactive ketones (excluding diaryl/α,β-unsaturated/α-hetero) is 3. The van der Waals surface area contributed by atoms with Gasteiger partial charge in [0.15, 0.2) is 5.78 Å². The molecule has 136 valence electrons. The van der Waals surface area contributed by atoms with Gasteiger partial charge in [-0.3, -0.25) is 14.4 Å². The molecule has 2 rings (SSSR count). The number of hydrogen-bond acceptors (Lipinski definition) is 3. The van der Waals surface area contributed by atoms with E-state index >= 15 is 0 Å². The molecular formula is C22H30O3. The summed E-state index contributed by atoms with van der Waals surface area (Å²) in [5.74, 6) is -2.11. The van der Waals surface area contributed by atoms with E-state index in [1.54, 1.807) is 6.92 Å². The summed E-state index contributed by atoms with van der Waals surface area (Å²) in [7, 11) is 0. The highest BCUT2D eigenvalue weighted by Crippen LogP contribution is 2.41. The summed E-state index contributed by atoms with van der Waals surface area (Å²) < 4.78 is 0. The van der Waals surface area contributed by atoms with Gasteiger partial charge in [0.1, 0.15) is 0 Å². The molecule has 1 unspecified atom stereocenters. The third kappa shape index (κ3) is 3.91. The van der Waals surface area contributed by atoms with Gasteiger partial charge in [-0.05, 0) is 52.4 Å². The maximum Gasteiger partial charge on any atom is 0.225 e. The molecule has 0 aliphatic heterocycles. The first-order chi connectivity index (χ1) is 11.8. The van der Waals surface area contributed by atoms with Crippen molar-refractivity contribution in [2.45, 2.75) is 66.2 Å². The number of rotatable bonds is 6. The van der Waals surface area contributed by atoms with E-state index in [1.165, 1.54) is 5.57 Å². The third-order valence-corrected chi connectivity index (χ3v) is 5.72. The Morgan fingerprint density at radius 3 is 2.44 bits per heavy atom. The lowest BCUT2D eigenvalue weighted by molar-refractivity contribution is -0.143. The molecule has 0 spiro atoms. The van der Waals surface area contributed by atoms with Crippen LogP contribution >= 0.6 is 0 Å². The van der Waals surface area contributed by atoms with E-state index < -0.39 is 17.5 Å². The van der Waals surface area contributed by atoms with E-state index in [9.17, 15) is 14.4 Å². The SMILES string of the molecule is C=C(C)[C@@H]1CCC(C)=C[C@H]1C1C(=O)C(=O)C(CCCCC)=C(C)C1=O. The van der Waals surface area contributed by atoms with Crippen LogP contribution < -0.4 is 0 Å². The Kier molecular flexibility index (Phi) is 6.31. The molecular weight excluding hydrogens is 312 g/mol. The van der Waals surface area contributed by atoms with Crippen molar-refractivity contribution in [2.24, 2.45) is 17.8 Å². The van der Waals surface area contributed by atoms with Crippen molar-refractivity contribution in [2.75, 3.05) is 0 Å². The molecule has 0 fully saturated rings. The lowest BCUT2D eigenvalue weighted by atomic mass is 9.65. The first kappa shape index (κ1) is 19.6. The molecule has 2 aliphatic rings. The Labute approximate surface area is 151 Å². The number of ketones is 3. The third-order valence-electron chi connectivity index (χ3n) is 5.72. The summed E-state index contributed by atoms with van der Waals surface area (Å²) in [5.41, 5.74) is 3.12. The number of allylic oxidation sites excluding steroid dienone is 5. The standard InChI is InChI=1S/C22H30O3/c1-6-7-8-9-17-15(5)20(23)19(22(25)21(17)24)18-12-14(4)10-11-16(18)13(2)3/h12,16,18-19H,2,6-11H2,1,3-5H3/t16-,18+,19?/m0/s1. The van der Waals surface area contributed by atoms with Crippen molar-refractivity contribution in [3.63, 3.8) is 0 Å². The smallest absolute Gasteiger partial charge is 0.225 e. The molecule has 0 saturated heterocycles. The Morgan fingerprint density at radius 2 is 1.84 bits per heavy atom. The van der Waals surface area contributed by atoms with Crippen LogP contribution in [0.1, 0.15) is 66.2 Å². The number of carbonyl (C=O) groups is 3. The van der Waals surface area contributed by atoms with Crippen molar-refractivity contribution in [1.29, 1.82) is 0 Å². The van der Waals surface area contributed by atoms with Crippen molar-refractivity contribution in [1.82, 2.24) is 0 Å². The van der Waals surface area contributed by atoms with Gasteiger partial charge in [-0.1, -0.05) is 43.6 Å². The van der Waals surface area contributed by atoms with Gasteiger partial charge < -0.3 is 0 Å². The lowest BCUT2D eigenvalue weighted by Gasteiger charge is -2.36. The van der Waals surface area contributed by atoms with Gasteiger partial charge in [-0.25, -0.2) is 0 Å². The van der Waals surface area contributed by atoms with Crippen LogP contribution in [-0.2, 0) is 14.4 Å². The molecule has 0 aromatic heterocycles. The van der Waals surface area contributed by atoms with Crippen LogP contribution in [0, 0.1) is 17.8 Å². The molecule has 25 heavy (non-hydrogen) atoms. The van der Waals surface area contributed by atoms with E-state index in [4.69, 9.17) is 0 Å². The van der Waals surface area contributed by atoms with Gasteiger partial charge in [-0.15, -0.1) is 0 Å². The monoisotopic (exact) mass is 342 g/mol. The Hall–Kier alpha value is -1.77. The molecule has 2 aliphatic carbocycles. The summed E-state index contributed by atoms with van der Waals surface area (Å²) in [4.78, 5) is 38.5. The largest absolute Gasteiger partial charge is 0.294 e. The van der Waals surface area contributed by atoms with Gasteiger partial charge in [0.05, 0.1) is 5.92 Å². The zero-order valence-corrected chi connectivity index (χ0v) is 16.0. The predicted octanol–water partition coefficient (Wildman–Crippen LogP) is 4.77. The fourth-order valence-corrected chi connectivity index (χ4v) is 4.17. The molecule has 3 nitrogen and oxygen atoms in total. The minimum Gasteiger partial charge on any atom is -0.294 e. The molecule has 0 aromatic rings. The second-order valence-corrected chi connectivity index (χ2v) is 7.68. The normalized spacial score (nSPS) is 27.6. The van der Waals surface area contributed by atoms with Crippen LogP contribution in [0.2, 0.25) is 0 Å². The molecule has 0 aromatic carbocycles. The molecule has 0 amide bonds. The average molecular weight is 342 g/mol. The molecule has 0 radical (unpaired) electrons. The van der Waals surface area contributed by atoms with Gasteiger partial charge in [0, 0.05) is 17.1 Å². The maximum absolute atomic E-state index is 13.0. The summed E-state index contributed by atoms with van der Waals surface area (Å²) in [6.45, 7) is 11.8. The summed E-state index contributed by atoms with van der Waals surface area (Å²) in [5, 5.41) is 0. The first-order valence-corrected chi connectivity index (χ1v) is 9.44. The Morgan fingerprint density at radius 1 is 1.16 bits per heavy atom. The van der Waals surface area contributed by atoms with Gasteiger partial charge in [0.2, 0.25) is 11.6 Å². The van der Waals surface area contributed by atoms with Crippen molar-refractivity contribution in [3.05, 3.63) is 34.9 Å². The minimum atomic E-state index is -0.862. The maximum atomic E-state index is 13.0. The van der Waals surface area contributed by atoms with Crippen LogP contribution in [0.3, 0.4) is 0 Å². The zero-order valence-electron chi connectivity index (χ0n) is 16.0. The average Bonchev–Trinajstić information content (AvgIpc) is 2.56. The van der Waals surface area contributed by atoms with E-state index in [2.05, 4.69) is 13.5 Å². The highest BCUT2D eigenvalue weighted by molar-refractivity contribution is 6.51. The van der Waals surface area contributed by atoms with Crippen LogP contribution in [0.25, 0.3) is 0 Å². The fraction of sp³-hybridized carbons (Fsp3) is 0.591. The second kappa shape index (κ2) is 8.07. The van der Waals surface area contributed by atoms with Crippen LogP contribution in [-0.4, -0.2) is 17.3 Å². The zero-order chi connectivity index (χ0) is 18.7. The highest BCUT2D eigenvalue weighted by atomic mass is 16.2. The fourth-order valence-electron chi connectivity index (χ4n) is 4.17. The van der Waals surface area contributed by atoms with Crippen LogP contribution in [0.15, 0.2) is 34.9 Å². The molecule has 0 N–H and O–H groups in total. The number of carbonyl (C=O) groups excluding carboxylic acids is 3. The summed E-state index contributed by atoms with van der Waals surface area (Å²) in [6.07, 6.45) is 7.29. The summed E-state index contributed by atoms with van der Waals surface area (Å²) >= 11 is 0. The molecule has 0 heterocycles. The minimum absolute atomic E-state index is 0.0869. The summed E-state index contributed by atoms with van der Waals surface area (Å²) in [6, 6.07) is 0. The van der Waals surface area contributed by atoms with E-state index in [1.807, 2.05) is 19.9 Å². The van der Waals surface area contributed by atoms with Crippen LogP contribution in [0.5, 0.6) is 0 Å².